The first kappa shape index (κ1) is 11.6. The Hall–Kier alpha value is -0.840. The van der Waals surface area contributed by atoms with Crippen molar-refractivity contribution in [1.82, 2.24) is 4.90 Å². The molecule has 1 aliphatic heterocycles. The minimum absolute atomic E-state index is 0.0221. The van der Waals surface area contributed by atoms with Gasteiger partial charge in [0, 0.05) is 20.2 Å². The number of aliphatic hydroxyl groups excluding tert-OH is 1. The number of aliphatic hydroxyl groups is 1. The molecule has 0 saturated carbocycles. The first-order valence-corrected chi connectivity index (χ1v) is 5.75. The maximum absolute atomic E-state index is 8.90. The number of furan rings is 1. The maximum atomic E-state index is 8.90. The molecule has 1 aromatic rings. The van der Waals surface area contributed by atoms with Crippen molar-refractivity contribution in [2.75, 3.05) is 20.2 Å². The molecule has 4 heteroatoms. The van der Waals surface area contributed by atoms with E-state index in [1.165, 1.54) is 0 Å². The third kappa shape index (κ3) is 2.84. The van der Waals surface area contributed by atoms with Gasteiger partial charge in [0.2, 0.25) is 0 Å². The third-order valence-corrected chi connectivity index (χ3v) is 3.12. The molecule has 2 heterocycles. The van der Waals surface area contributed by atoms with Crippen LogP contribution in [0.5, 0.6) is 0 Å². The molecule has 0 bridgehead atoms. The number of piperidine rings is 1. The molecule has 4 nitrogen and oxygen atoms in total. The van der Waals surface area contributed by atoms with Crippen molar-refractivity contribution in [2.24, 2.45) is 0 Å². The van der Waals surface area contributed by atoms with Crippen molar-refractivity contribution in [3.63, 3.8) is 0 Å². The summed E-state index contributed by atoms with van der Waals surface area (Å²) >= 11 is 0. The highest BCUT2D eigenvalue weighted by atomic mass is 16.5. The van der Waals surface area contributed by atoms with Gasteiger partial charge in [-0.2, -0.15) is 0 Å². The van der Waals surface area contributed by atoms with E-state index in [4.69, 9.17) is 14.3 Å². The van der Waals surface area contributed by atoms with E-state index < -0.39 is 0 Å². The number of hydrogen-bond donors (Lipinski definition) is 1. The first-order valence-electron chi connectivity index (χ1n) is 5.75. The van der Waals surface area contributed by atoms with E-state index in [0.29, 0.717) is 11.9 Å². The van der Waals surface area contributed by atoms with Crippen LogP contribution in [0.25, 0.3) is 0 Å². The number of rotatable bonds is 4. The lowest BCUT2D eigenvalue weighted by Crippen LogP contribution is -2.36. The average Bonchev–Trinajstić information content (AvgIpc) is 2.78. The molecule has 1 saturated heterocycles. The molecule has 90 valence electrons. The Labute approximate surface area is 95.8 Å². The number of nitrogens with zero attached hydrogens (tertiary/aromatic N) is 1. The predicted molar refractivity (Wildman–Crippen MR) is 59.9 cm³/mol. The van der Waals surface area contributed by atoms with E-state index >= 15 is 0 Å². The highest BCUT2D eigenvalue weighted by Gasteiger charge is 2.19. The molecule has 2 rings (SSSR count). The van der Waals surface area contributed by atoms with E-state index in [0.717, 1.165) is 38.2 Å². The van der Waals surface area contributed by atoms with Crippen LogP contribution in [-0.2, 0) is 17.9 Å². The average molecular weight is 225 g/mol. The quantitative estimate of drug-likeness (QED) is 0.841. The van der Waals surface area contributed by atoms with Gasteiger partial charge in [0.15, 0.2) is 0 Å². The molecule has 0 amide bonds. The first-order chi connectivity index (χ1) is 7.81. The Morgan fingerprint density at radius 2 is 2.06 bits per heavy atom. The fourth-order valence-corrected chi connectivity index (χ4v) is 2.12. The summed E-state index contributed by atoms with van der Waals surface area (Å²) in [5.41, 5.74) is 0. The van der Waals surface area contributed by atoms with Gasteiger partial charge in [-0.15, -0.1) is 0 Å². The summed E-state index contributed by atoms with van der Waals surface area (Å²) in [5.74, 6) is 1.57. The van der Waals surface area contributed by atoms with Crippen LogP contribution in [0, 0.1) is 0 Å². The van der Waals surface area contributed by atoms with Crippen molar-refractivity contribution in [3.8, 4) is 0 Å². The summed E-state index contributed by atoms with van der Waals surface area (Å²) in [5, 5.41) is 8.90. The van der Waals surface area contributed by atoms with Crippen LogP contribution < -0.4 is 0 Å². The van der Waals surface area contributed by atoms with Crippen LogP contribution in [0.2, 0.25) is 0 Å². The van der Waals surface area contributed by atoms with E-state index in [9.17, 15) is 0 Å². The minimum Gasteiger partial charge on any atom is -0.462 e. The number of methoxy groups -OCH3 is 1. The third-order valence-electron chi connectivity index (χ3n) is 3.12. The van der Waals surface area contributed by atoms with Gasteiger partial charge in [-0.3, -0.25) is 4.90 Å². The molecule has 16 heavy (non-hydrogen) atoms. The monoisotopic (exact) mass is 225 g/mol. The van der Waals surface area contributed by atoms with Crippen LogP contribution in [-0.4, -0.2) is 36.3 Å². The molecule has 0 aromatic carbocycles. The van der Waals surface area contributed by atoms with Crippen molar-refractivity contribution < 1.29 is 14.3 Å². The van der Waals surface area contributed by atoms with Gasteiger partial charge >= 0.3 is 0 Å². The van der Waals surface area contributed by atoms with E-state index in [1.54, 1.807) is 7.11 Å². The number of likely N-dealkylation sites (tertiary alicyclic amines) is 1. The summed E-state index contributed by atoms with van der Waals surface area (Å²) in [6.07, 6.45) is 2.59. The van der Waals surface area contributed by atoms with Crippen molar-refractivity contribution in [3.05, 3.63) is 23.7 Å². The Morgan fingerprint density at radius 1 is 1.38 bits per heavy atom. The molecule has 1 aromatic heterocycles. The van der Waals surface area contributed by atoms with Gasteiger partial charge in [0.05, 0.1) is 12.6 Å². The Kier molecular flexibility index (Phi) is 3.98. The molecular formula is C12H19NO3. The minimum atomic E-state index is -0.0221. The SMILES string of the molecule is COC1CCN(Cc2ccc(CO)o2)CC1. The molecule has 0 spiro atoms. The normalized spacial score (nSPS) is 19.1. The van der Waals surface area contributed by atoms with Gasteiger partial charge in [-0.1, -0.05) is 0 Å². The van der Waals surface area contributed by atoms with Crippen molar-refractivity contribution in [1.29, 1.82) is 0 Å². The lowest BCUT2D eigenvalue weighted by Gasteiger charge is -2.30. The highest BCUT2D eigenvalue weighted by Crippen LogP contribution is 2.17. The summed E-state index contributed by atoms with van der Waals surface area (Å²) in [7, 11) is 1.78. The molecule has 0 aliphatic carbocycles. The van der Waals surface area contributed by atoms with Gasteiger partial charge in [-0.05, 0) is 25.0 Å². The Morgan fingerprint density at radius 3 is 2.62 bits per heavy atom. The summed E-state index contributed by atoms with van der Waals surface area (Å²) in [6.45, 7) is 2.91. The molecular weight excluding hydrogens is 206 g/mol. The van der Waals surface area contributed by atoms with Crippen LogP contribution in [0.1, 0.15) is 24.4 Å². The van der Waals surface area contributed by atoms with E-state index in [1.807, 2.05) is 12.1 Å². The number of ether oxygens (including phenoxy) is 1. The van der Waals surface area contributed by atoms with Crippen LogP contribution in [0.3, 0.4) is 0 Å². The molecule has 0 radical (unpaired) electrons. The van der Waals surface area contributed by atoms with Gasteiger partial charge in [-0.25, -0.2) is 0 Å². The molecule has 1 N–H and O–H groups in total. The zero-order valence-electron chi connectivity index (χ0n) is 9.69. The topological polar surface area (TPSA) is 45.8 Å². The van der Waals surface area contributed by atoms with Crippen molar-refractivity contribution >= 4 is 0 Å². The Balaban J connectivity index is 1.82. The maximum Gasteiger partial charge on any atom is 0.129 e. The second-order valence-electron chi connectivity index (χ2n) is 4.24. The largest absolute Gasteiger partial charge is 0.462 e. The van der Waals surface area contributed by atoms with Gasteiger partial charge in [0.1, 0.15) is 18.1 Å². The zero-order valence-corrected chi connectivity index (χ0v) is 9.69. The van der Waals surface area contributed by atoms with Gasteiger partial charge < -0.3 is 14.3 Å². The second-order valence-corrected chi connectivity index (χ2v) is 4.24. The second kappa shape index (κ2) is 5.48. The van der Waals surface area contributed by atoms with Crippen LogP contribution in [0.15, 0.2) is 16.5 Å². The Bertz CT molecular complexity index is 316. The molecule has 1 aliphatic rings. The summed E-state index contributed by atoms with van der Waals surface area (Å²) in [6, 6.07) is 3.77. The highest BCUT2D eigenvalue weighted by molar-refractivity contribution is 5.06. The van der Waals surface area contributed by atoms with Crippen LogP contribution >= 0.6 is 0 Å². The molecule has 1 fully saturated rings. The fourth-order valence-electron chi connectivity index (χ4n) is 2.12. The zero-order chi connectivity index (χ0) is 11.4. The lowest BCUT2D eigenvalue weighted by atomic mass is 10.1. The van der Waals surface area contributed by atoms with E-state index in [2.05, 4.69) is 4.90 Å². The van der Waals surface area contributed by atoms with Crippen molar-refractivity contribution in [2.45, 2.75) is 32.1 Å². The van der Waals surface area contributed by atoms with E-state index in [-0.39, 0.29) is 6.61 Å². The lowest BCUT2D eigenvalue weighted by molar-refractivity contribution is 0.0368. The summed E-state index contributed by atoms with van der Waals surface area (Å²) < 4.78 is 10.8. The number of hydrogen-bond acceptors (Lipinski definition) is 4. The molecule has 0 atom stereocenters. The summed E-state index contributed by atoms with van der Waals surface area (Å²) in [4.78, 5) is 2.36. The predicted octanol–water partition coefficient (Wildman–Crippen LogP) is 1.38. The van der Waals surface area contributed by atoms with Crippen LogP contribution in [0.4, 0.5) is 0 Å². The molecule has 0 unspecified atom stereocenters. The smallest absolute Gasteiger partial charge is 0.129 e. The van der Waals surface area contributed by atoms with Gasteiger partial charge in [0.25, 0.3) is 0 Å². The fraction of sp³-hybridized carbons (Fsp3) is 0.667. The standard InChI is InChI=1S/C12H19NO3/c1-15-10-4-6-13(7-5-10)8-11-2-3-12(9-14)16-11/h2-3,10,14H,4-9H2,1H3.